The molecule has 1 aliphatic carbocycles. The van der Waals surface area contributed by atoms with Crippen molar-refractivity contribution in [3.63, 3.8) is 0 Å². The summed E-state index contributed by atoms with van der Waals surface area (Å²) in [5.74, 6) is 0.566. The van der Waals surface area contributed by atoms with Crippen molar-refractivity contribution in [1.29, 1.82) is 0 Å². The van der Waals surface area contributed by atoms with E-state index in [1.807, 2.05) is 30.3 Å². The Hall–Kier alpha value is -1.63. The Morgan fingerprint density at radius 3 is 2.44 bits per heavy atom. The van der Waals surface area contributed by atoms with Gasteiger partial charge >= 0.3 is 0 Å². The number of nitrogens with zero attached hydrogens (tertiary/aromatic N) is 1. The molecule has 0 saturated heterocycles. The standard InChI is InChI=1S/C18H21ClN2O3S/c19-15-6-11-18(20-12-15)24-17-9-7-16(8-10-17)21-25(22,23)13-14-4-2-1-3-5-14/h1-6,11-12,16-17,21H,7-10,13H2. The second-order valence-electron chi connectivity index (χ2n) is 6.27. The van der Waals surface area contributed by atoms with Crippen LogP contribution in [0.5, 0.6) is 5.88 Å². The van der Waals surface area contributed by atoms with Crippen molar-refractivity contribution in [3.8, 4) is 5.88 Å². The van der Waals surface area contributed by atoms with E-state index >= 15 is 0 Å². The van der Waals surface area contributed by atoms with Crippen LogP contribution >= 0.6 is 11.6 Å². The minimum Gasteiger partial charge on any atom is -0.474 e. The molecule has 7 heteroatoms. The van der Waals surface area contributed by atoms with Crippen LogP contribution in [0, 0.1) is 0 Å². The van der Waals surface area contributed by atoms with Crippen molar-refractivity contribution < 1.29 is 13.2 Å². The van der Waals surface area contributed by atoms with Gasteiger partial charge in [0, 0.05) is 18.3 Å². The highest BCUT2D eigenvalue weighted by atomic mass is 35.5. The van der Waals surface area contributed by atoms with E-state index in [1.54, 1.807) is 18.3 Å². The number of pyridine rings is 1. The third kappa shape index (κ3) is 5.70. The largest absolute Gasteiger partial charge is 0.474 e. The lowest BCUT2D eigenvalue weighted by atomic mass is 9.94. The summed E-state index contributed by atoms with van der Waals surface area (Å²) in [6.45, 7) is 0. The fraction of sp³-hybridized carbons (Fsp3) is 0.389. The lowest BCUT2D eigenvalue weighted by molar-refractivity contribution is 0.138. The van der Waals surface area contributed by atoms with Gasteiger partial charge in [0.25, 0.3) is 0 Å². The molecule has 2 aromatic rings. The Balaban J connectivity index is 1.48. The molecular weight excluding hydrogens is 360 g/mol. The molecule has 0 spiro atoms. The molecule has 0 aliphatic heterocycles. The summed E-state index contributed by atoms with van der Waals surface area (Å²) in [5.41, 5.74) is 0.792. The van der Waals surface area contributed by atoms with Crippen molar-refractivity contribution >= 4 is 21.6 Å². The maximum atomic E-state index is 12.3. The Labute approximate surface area is 153 Å². The SMILES string of the molecule is O=S(=O)(Cc1ccccc1)NC1CCC(Oc2ccc(Cl)cn2)CC1. The molecule has 1 heterocycles. The molecule has 1 saturated carbocycles. The smallest absolute Gasteiger partial charge is 0.216 e. The summed E-state index contributed by atoms with van der Waals surface area (Å²) < 4.78 is 33.3. The number of nitrogens with one attached hydrogen (secondary N) is 1. The van der Waals surface area contributed by atoms with Crippen LogP contribution in [0.15, 0.2) is 48.7 Å². The quantitative estimate of drug-likeness (QED) is 0.832. The number of hydrogen-bond donors (Lipinski definition) is 1. The van der Waals surface area contributed by atoms with Crippen LogP contribution in [0.3, 0.4) is 0 Å². The number of aromatic nitrogens is 1. The van der Waals surface area contributed by atoms with Gasteiger partial charge in [0.05, 0.1) is 10.8 Å². The summed E-state index contributed by atoms with van der Waals surface area (Å²) in [6, 6.07) is 12.7. The second-order valence-corrected chi connectivity index (χ2v) is 8.46. The third-order valence-corrected chi connectivity index (χ3v) is 5.84. The first-order valence-corrected chi connectivity index (χ1v) is 10.4. The number of ether oxygens (including phenoxy) is 1. The lowest BCUT2D eigenvalue weighted by Gasteiger charge is -2.29. The van der Waals surface area contributed by atoms with E-state index in [2.05, 4.69) is 9.71 Å². The number of hydrogen-bond acceptors (Lipinski definition) is 4. The zero-order valence-corrected chi connectivity index (χ0v) is 15.3. The first-order valence-electron chi connectivity index (χ1n) is 8.32. The highest BCUT2D eigenvalue weighted by molar-refractivity contribution is 7.88. The Morgan fingerprint density at radius 1 is 1.08 bits per heavy atom. The fourth-order valence-corrected chi connectivity index (χ4v) is 4.56. The number of sulfonamides is 1. The average molecular weight is 381 g/mol. The van der Waals surface area contributed by atoms with Gasteiger partial charge in [0.1, 0.15) is 6.10 Å². The van der Waals surface area contributed by atoms with E-state index < -0.39 is 10.0 Å². The molecule has 0 atom stereocenters. The van der Waals surface area contributed by atoms with Gasteiger partial charge in [-0.25, -0.2) is 18.1 Å². The molecule has 1 aliphatic rings. The maximum absolute atomic E-state index is 12.3. The van der Waals surface area contributed by atoms with E-state index in [-0.39, 0.29) is 17.9 Å². The van der Waals surface area contributed by atoms with Crippen LogP contribution in [0.2, 0.25) is 5.02 Å². The normalized spacial score (nSPS) is 21.0. The van der Waals surface area contributed by atoms with E-state index in [0.29, 0.717) is 10.9 Å². The highest BCUT2D eigenvalue weighted by Crippen LogP contribution is 2.24. The third-order valence-electron chi connectivity index (χ3n) is 4.21. The zero-order chi connectivity index (χ0) is 17.7. The number of halogens is 1. The molecule has 1 aromatic carbocycles. The molecule has 1 aromatic heterocycles. The van der Waals surface area contributed by atoms with Crippen molar-refractivity contribution in [2.24, 2.45) is 0 Å². The maximum Gasteiger partial charge on any atom is 0.216 e. The van der Waals surface area contributed by atoms with E-state index in [1.165, 1.54) is 0 Å². The first-order chi connectivity index (χ1) is 12.0. The van der Waals surface area contributed by atoms with Crippen molar-refractivity contribution in [1.82, 2.24) is 9.71 Å². The Bertz CT molecular complexity index is 774. The van der Waals surface area contributed by atoms with Gasteiger partial charge in [-0.15, -0.1) is 0 Å². The van der Waals surface area contributed by atoms with Gasteiger partial charge in [-0.1, -0.05) is 41.9 Å². The molecular formula is C18H21ClN2O3S. The average Bonchev–Trinajstić information content (AvgIpc) is 2.59. The molecule has 0 amide bonds. The summed E-state index contributed by atoms with van der Waals surface area (Å²) in [4.78, 5) is 4.13. The monoisotopic (exact) mass is 380 g/mol. The van der Waals surface area contributed by atoms with Crippen LogP contribution in [-0.4, -0.2) is 25.5 Å². The molecule has 0 unspecified atom stereocenters. The first kappa shape index (κ1) is 18.2. The van der Waals surface area contributed by atoms with Crippen LogP contribution in [0.1, 0.15) is 31.2 Å². The van der Waals surface area contributed by atoms with Crippen molar-refractivity contribution in [2.45, 2.75) is 43.6 Å². The van der Waals surface area contributed by atoms with E-state index in [9.17, 15) is 8.42 Å². The number of benzene rings is 1. The molecule has 0 bridgehead atoms. The van der Waals surface area contributed by atoms with Gasteiger partial charge < -0.3 is 4.74 Å². The van der Waals surface area contributed by atoms with E-state index in [4.69, 9.17) is 16.3 Å². The Kier molecular flexibility index (Phi) is 5.93. The highest BCUT2D eigenvalue weighted by Gasteiger charge is 2.26. The van der Waals surface area contributed by atoms with Crippen LogP contribution in [0.4, 0.5) is 0 Å². The molecule has 134 valence electrons. The van der Waals surface area contributed by atoms with Gasteiger partial charge in [-0.2, -0.15) is 0 Å². The molecule has 1 fully saturated rings. The summed E-state index contributed by atoms with van der Waals surface area (Å²) in [6.07, 6.45) is 4.72. The fourth-order valence-electron chi connectivity index (χ4n) is 2.99. The predicted octanol–water partition coefficient (Wildman–Crippen LogP) is 3.54. The zero-order valence-electron chi connectivity index (χ0n) is 13.8. The van der Waals surface area contributed by atoms with Gasteiger partial charge in [-0.05, 0) is 37.3 Å². The second kappa shape index (κ2) is 8.17. The number of rotatable bonds is 6. The summed E-state index contributed by atoms with van der Waals surface area (Å²) in [5, 5.41) is 0.573. The molecule has 0 radical (unpaired) electrons. The molecule has 25 heavy (non-hydrogen) atoms. The van der Waals surface area contributed by atoms with Gasteiger partial charge in [0.15, 0.2) is 0 Å². The Morgan fingerprint density at radius 2 is 1.80 bits per heavy atom. The van der Waals surface area contributed by atoms with Crippen LogP contribution in [-0.2, 0) is 15.8 Å². The van der Waals surface area contributed by atoms with Crippen molar-refractivity contribution in [3.05, 3.63) is 59.2 Å². The van der Waals surface area contributed by atoms with Crippen molar-refractivity contribution in [2.75, 3.05) is 0 Å². The molecule has 3 rings (SSSR count). The van der Waals surface area contributed by atoms with Crippen LogP contribution < -0.4 is 9.46 Å². The van der Waals surface area contributed by atoms with E-state index in [0.717, 1.165) is 31.2 Å². The van der Waals surface area contributed by atoms with Gasteiger partial charge in [0.2, 0.25) is 15.9 Å². The minimum atomic E-state index is -3.33. The van der Waals surface area contributed by atoms with Gasteiger partial charge in [-0.3, -0.25) is 0 Å². The molecule has 5 nitrogen and oxygen atoms in total. The lowest BCUT2D eigenvalue weighted by Crippen LogP contribution is -2.40. The summed E-state index contributed by atoms with van der Waals surface area (Å²) in [7, 11) is -3.33. The predicted molar refractivity (Wildman–Crippen MR) is 98.1 cm³/mol. The molecule has 1 N–H and O–H groups in total. The summed E-state index contributed by atoms with van der Waals surface area (Å²) >= 11 is 5.81. The van der Waals surface area contributed by atoms with Crippen LogP contribution in [0.25, 0.3) is 0 Å². The topological polar surface area (TPSA) is 68.3 Å². The minimum absolute atomic E-state index is 0.0129.